The fourth-order valence-electron chi connectivity index (χ4n) is 1.22. The molecular formula is C10H14N4O2. The Morgan fingerprint density at radius 3 is 2.44 bits per heavy atom. The second kappa shape index (κ2) is 5.13. The average molecular weight is 222 g/mol. The molecule has 6 nitrogen and oxygen atoms in total. The molecule has 6 heteroatoms. The van der Waals surface area contributed by atoms with Crippen LogP contribution < -0.4 is 16.8 Å². The summed E-state index contributed by atoms with van der Waals surface area (Å²) in [5.41, 5.74) is 12.1. The Hall–Kier alpha value is -2.08. The molecule has 0 aliphatic heterocycles. The zero-order valence-electron chi connectivity index (χ0n) is 8.60. The van der Waals surface area contributed by atoms with Crippen LogP contribution in [-0.2, 0) is 11.2 Å². The van der Waals surface area contributed by atoms with Crippen molar-refractivity contribution in [2.45, 2.75) is 12.5 Å². The van der Waals surface area contributed by atoms with Gasteiger partial charge in [-0.2, -0.15) is 0 Å². The minimum absolute atomic E-state index is 0.144. The first-order valence-electron chi connectivity index (χ1n) is 4.67. The number of carbonyl (C=O) groups is 1. The van der Waals surface area contributed by atoms with Crippen molar-refractivity contribution in [1.29, 1.82) is 5.41 Å². The van der Waals surface area contributed by atoms with Crippen LogP contribution in [0.5, 0.6) is 0 Å². The van der Waals surface area contributed by atoms with Gasteiger partial charge in [-0.15, -0.1) is 0 Å². The van der Waals surface area contributed by atoms with E-state index in [2.05, 4.69) is 5.32 Å². The van der Waals surface area contributed by atoms with E-state index >= 15 is 0 Å². The van der Waals surface area contributed by atoms with Crippen LogP contribution in [0.1, 0.15) is 5.56 Å². The Labute approximate surface area is 92.8 Å². The highest BCUT2D eigenvalue weighted by Crippen LogP contribution is 2.10. The van der Waals surface area contributed by atoms with Crippen molar-refractivity contribution < 1.29 is 9.90 Å². The highest BCUT2D eigenvalue weighted by atomic mass is 16.4. The number of anilines is 1. The molecular weight excluding hydrogens is 208 g/mol. The predicted octanol–water partition coefficient (Wildman–Crippen LogP) is -0.0536. The summed E-state index contributed by atoms with van der Waals surface area (Å²) in [5, 5.41) is 18.3. The summed E-state index contributed by atoms with van der Waals surface area (Å²) in [6, 6.07) is 6.02. The van der Waals surface area contributed by atoms with Gasteiger partial charge in [-0.1, -0.05) is 12.1 Å². The lowest BCUT2D eigenvalue weighted by atomic mass is 10.1. The molecule has 0 aromatic heterocycles. The largest absolute Gasteiger partial charge is 0.480 e. The smallest absolute Gasteiger partial charge is 0.320 e. The van der Waals surface area contributed by atoms with E-state index < -0.39 is 12.0 Å². The predicted molar refractivity (Wildman–Crippen MR) is 61.3 cm³/mol. The van der Waals surface area contributed by atoms with E-state index in [1.165, 1.54) is 0 Å². The van der Waals surface area contributed by atoms with Crippen molar-refractivity contribution in [3.05, 3.63) is 29.8 Å². The molecule has 0 saturated carbocycles. The van der Waals surface area contributed by atoms with Gasteiger partial charge in [-0.3, -0.25) is 10.2 Å². The Morgan fingerprint density at radius 1 is 1.44 bits per heavy atom. The van der Waals surface area contributed by atoms with Gasteiger partial charge >= 0.3 is 5.97 Å². The molecule has 0 saturated heterocycles. The summed E-state index contributed by atoms with van der Waals surface area (Å²) in [5.74, 6) is -1.17. The van der Waals surface area contributed by atoms with E-state index in [0.717, 1.165) is 5.56 Å². The number of hydrogen-bond donors (Lipinski definition) is 5. The first-order chi connectivity index (χ1) is 7.49. The first kappa shape index (κ1) is 12.0. The summed E-state index contributed by atoms with van der Waals surface area (Å²) in [6.07, 6.45) is 0.273. The van der Waals surface area contributed by atoms with Crippen molar-refractivity contribution in [2.75, 3.05) is 5.32 Å². The van der Waals surface area contributed by atoms with Gasteiger partial charge in [-0.25, -0.2) is 0 Å². The highest BCUT2D eigenvalue weighted by Gasteiger charge is 2.11. The molecule has 0 heterocycles. The Morgan fingerprint density at radius 2 is 2.00 bits per heavy atom. The number of carboxylic acids is 1. The van der Waals surface area contributed by atoms with E-state index in [1.807, 2.05) is 0 Å². The van der Waals surface area contributed by atoms with Crippen molar-refractivity contribution in [1.82, 2.24) is 0 Å². The van der Waals surface area contributed by atoms with E-state index in [9.17, 15) is 4.79 Å². The lowest BCUT2D eigenvalue weighted by Crippen LogP contribution is -2.32. The van der Waals surface area contributed by atoms with Crippen molar-refractivity contribution >= 4 is 17.6 Å². The van der Waals surface area contributed by atoms with E-state index in [-0.39, 0.29) is 12.4 Å². The van der Waals surface area contributed by atoms with Crippen LogP contribution in [0.15, 0.2) is 24.3 Å². The van der Waals surface area contributed by atoms with Crippen LogP contribution in [0.3, 0.4) is 0 Å². The molecule has 7 N–H and O–H groups in total. The zero-order valence-corrected chi connectivity index (χ0v) is 8.60. The third kappa shape index (κ3) is 3.58. The maximum absolute atomic E-state index is 10.5. The van der Waals surface area contributed by atoms with Crippen molar-refractivity contribution in [3.63, 3.8) is 0 Å². The van der Waals surface area contributed by atoms with Crippen LogP contribution >= 0.6 is 0 Å². The third-order valence-electron chi connectivity index (χ3n) is 2.01. The Bertz CT molecular complexity index is 388. The maximum atomic E-state index is 10.5. The second-order valence-electron chi connectivity index (χ2n) is 3.38. The number of nitrogens with two attached hydrogens (primary N) is 2. The first-order valence-corrected chi connectivity index (χ1v) is 4.67. The van der Waals surface area contributed by atoms with E-state index in [0.29, 0.717) is 5.69 Å². The van der Waals surface area contributed by atoms with Gasteiger partial charge in [0.1, 0.15) is 6.04 Å². The minimum Gasteiger partial charge on any atom is -0.480 e. The fourth-order valence-corrected chi connectivity index (χ4v) is 1.22. The molecule has 0 amide bonds. The number of hydrogen-bond acceptors (Lipinski definition) is 3. The fraction of sp³-hybridized carbons (Fsp3) is 0.200. The number of rotatable bonds is 4. The molecule has 1 aromatic carbocycles. The molecule has 16 heavy (non-hydrogen) atoms. The number of benzene rings is 1. The molecule has 0 unspecified atom stereocenters. The molecule has 0 fully saturated rings. The second-order valence-corrected chi connectivity index (χ2v) is 3.38. The highest BCUT2D eigenvalue weighted by molar-refractivity contribution is 5.89. The minimum atomic E-state index is -1.02. The van der Waals surface area contributed by atoms with Gasteiger partial charge in [-0.05, 0) is 24.1 Å². The van der Waals surface area contributed by atoms with Crippen LogP contribution in [0.4, 0.5) is 5.69 Å². The molecule has 0 radical (unpaired) electrons. The van der Waals surface area contributed by atoms with Crippen molar-refractivity contribution in [3.8, 4) is 0 Å². The molecule has 0 aliphatic rings. The molecule has 1 atom stereocenters. The topological polar surface area (TPSA) is 125 Å². The normalized spacial score (nSPS) is 11.8. The van der Waals surface area contributed by atoms with Crippen LogP contribution in [0, 0.1) is 5.41 Å². The molecule has 1 aromatic rings. The quantitative estimate of drug-likeness (QED) is 0.360. The summed E-state index contributed by atoms with van der Waals surface area (Å²) in [6.45, 7) is 0. The van der Waals surface area contributed by atoms with Crippen LogP contribution in [-0.4, -0.2) is 23.1 Å². The summed E-state index contributed by atoms with van der Waals surface area (Å²) in [4.78, 5) is 10.5. The SMILES string of the molecule is N=C(N)Nc1ccc(C[C@@H](N)C(=O)O)cc1. The third-order valence-corrected chi connectivity index (χ3v) is 2.01. The maximum Gasteiger partial charge on any atom is 0.320 e. The van der Waals surface area contributed by atoms with Gasteiger partial charge in [0.15, 0.2) is 5.96 Å². The molecule has 0 aliphatic carbocycles. The summed E-state index contributed by atoms with van der Waals surface area (Å²) >= 11 is 0. The average Bonchev–Trinajstić information content (AvgIpc) is 2.20. The van der Waals surface area contributed by atoms with Gasteiger partial charge < -0.3 is 21.9 Å². The van der Waals surface area contributed by atoms with Gasteiger partial charge in [0.25, 0.3) is 0 Å². The molecule has 86 valence electrons. The van der Waals surface area contributed by atoms with E-state index in [1.54, 1.807) is 24.3 Å². The Kier molecular flexibility index (Phi) is 3.84. The molecule has 1 rings (SSSR count). The standard InChI is InChI=1S/C10H14N4O2/c11-8(9(15)16)5-6-1-3-7(4-2-6)14-10(12)13/h1-4,8H,5,11H2,(H,15,16)(H4,12,13,14)/t8-/m1/s1. The number of carboxylic acid groups (broad SMARTS) is 1. The van der Waals surface area contributed by atoms with Gasteiger partial charge in [0, 0.05) is 5.69 Å². The van der Waals surface area contributed by atoms with Gasteiger partial charge in [0.2, 0.25) is 0 Å². The molecule has 0 bridgehead atoms. The van der Waals surface area contributed by atoms with E-state index in [4.69, 9.17) is 22.0 Å². The zero-order chi connectivity index (χ0) is 12.1. The summed E-state index contributed by atoms with van der Waals surface area (Å²) in [7, 11) is 0. The number of aliphatic carboxylic acids is 1. The number of nitrogens with one attached hydrogen (secondary N) is 2. The van der Waals surface area contributed by atoms with Crippen LogP contribution in [0.25, 0.3) is 0 Å². The summed E-state index contributed by atoms with van der Waals surface area (Å²) < 4.78 is 0. The monoisotopic (exact) mass is 222 g/mol. The lowest BCUT2D eigenvalue weighted by Gasteiger charge is -2.08. The van der Waals surface area contributed by atoms with Crippen molar-refractivity contribution in [2.24, 2.45) is 11.5 Å². The number of guanidine groups is 1. The lowest BCUT2D eigenvalue weighted by molar-refractivity contribution is -0.138. The van der Waals surface area contributed by atoms with Crippen LogP contribution in [0.2, 0.25) is 0 Å². The van der Waals surface area contributed by atoms with Gasteiger partial charge in [0.05, 0.1) is 0 Å². The Balaban J connectivity index is 2.64. The molecule has 0 spiro atoms.